The van der Waals surface area contributed by atoms with Crippen LogP contribution in [0.5, 0.6) is 0 Å². The fourth-order valence-corrected chi connectivity index (χ4v) is 4.26. The summed E-state index contributed by atoms with van der Waals surface area (Å²) in [6.45, 7) is 1.58. The van der Waals surface area contributed by atoms with Crippen LogP contribution in [0.25, 0.3) is 0 Å². The summed E-state index contributed by atoms with van der Waals surface area (Å²) in [5.74, 6) is 5.91. The number of ketones is 1. The second kappa shape index (κ2) is 14.5. The molecule has 10 heteroatoms. The SMILES string of the molecule is NOSCCC(CCCCC(=O)CC1CCCN1COC=O)SN=O. The van der Waals surface area contributed by atoms with Gasteiger partial charge in [-0.15, -0.1) is 4.91 Å². The fraction of sp³-hybridized carbons (Fsp3) is 0.867. The lowest BCUT2D eigenvalue weighted by Crippen LogP contribution is -2.33. The van der Waals surface area contributed by atoms with Gasteiger partial charge in [-0.1, -0.05) is 6.42 Å². The Morgan fingerprint density at radius 2 is 2.24 bits per heavy atom. The van der Waals surface area contributed by atoms with Gasteiger partial charge in [-0.05, 0) is 32.1 Å². The molecule has 0 bridgehead atoms. The highest BCUT2D eigenvalue weighted by Gasteiger charge is 2.26. The van der Waals surface area contributed by atoms with E-state index < -0.39 is 0 Å². The van der Waals surface area contributed by atoms with Gasteiger partial charge in [0.25, 0.3) is 6.47 Å². The molecule has 2 unspecified atom stereocenters. The number of hydrogen-bond donors (Lipinski definition) is 1. The molecule has 1 saturated heterocycles. The van der Waals surface area contributed by atoms with Gasteiger partial charge in [0, 0.05) is 65.0 Å². The van der Waals surface area contributed by atoms with Gasteiger partial charge in [-0.2, -0.15) is 0 Å². The molecule has 0 saturated carbocycles. The highest BCUT2D eigenvalue weighted by Crippen LogP contribution is 2.24. The Morgan fingerprint density at radius 3 is 2.96 bits per heavy atom. The maximum atomic E-state index is 12.2. The van der Waals surface area contributed by atoms with E-state index in [0.717, 1.165) is 69.1 Å². The molecule has 0 amide bonds. The molecule has 1 fully saturated rings. The van der Waals surface area contributed by atoms with Crippen molar-refractivity contribution in [2.45, 2.75) is 62.7 Å². The average molecular weight is 394 g/mol. The monoisotopic (exact) mass is 393 g/mol. The third-order valence-electron chi connectivity index (χ3n) is 4.29. The Hall–Kier alpha value is -0.680. The number of rotatable bonds is 16. The Morgan fingerprint density at radius 1 is 1.40 bits per heavy atom. The molecular weight excluding hydrogens is 366 g/mol. The minimum absolute atomic E-state index is 0.140. The predicted molar refractivity (Wildman–Crippen MR) is 99.4 cm³/mol. The number of carbonyl (C=O) groups is 2. The van der Waals surface area contributed by atoms with Gasteiger partial charge in [-0.25, -0.2) is 10.2 Å². The molecule has 2 atom stereocenters. The molecule has 1 heterocycles. The molecule has 25 heavy (non-hydrogen) atoms. The molecular formula is C15H27N3O5S2. The highest BCUT2D eigenvalue weighted by molar-refractivity contribution is 7.98. The summed E-state index contributed by atoms with van der Waals surface area (Å²) in [5, 5.41) is 0.140. The number of nitrogens with two attached hydrogens (primary N) is 1. The Bertz CT molecular complexity index is 403. The number of carbonyl (C=O) groups excluding carboxylic acids is 2. The van der Waals surface area contributed by atoms with Crippen LogP contribution in [0.4, 0.5) is 0 Å². The van der Waals surface area contributed by atoms with Crippen LogP contribution in [0.2, 0.25) is 0 Å². The third kappa shape index (κ3) is 10.1. The first kappa shape index (κ1) is 22.4. The quantitative estimate of drug-likeness (QED) is 0.106. The minimum atomic E-state index is 0.140. The lowest BCUT2D eigenvalue weighted by molar-refractivity contribution is -0.133. The van der Waals surface area contributed by atoms with Crippen molar-refractivity contribution in [1.82, 2.24) is 4.90 Å². The Kier molecular flexibility index (Phi) is 13.0. The molecule has 0 spiro atoms. The molecule has 144 valence electrons. The van der Waals surface area contributed by atoms with E-state index in [0.29, 0.717) is 25.1 Å². The zero-order valence-corrected chi connectivity index (χ0v) is 16.0. The summed E-state index contributed by atoms with van der Waals surface area (Å²) in [6.07, 6.45) is 6.40. The van der Waals surface area contributed by atoms with Crippen LogP contribution in [-0.2, 0) is 18.6 Å². The van der Waals surface area contributed by atoms with Crippen molar-refractivity contribution >= 4 is 36.2 Å². The van der Waals surface area contributed by atoms with Gasteiger partial charge in [0.1, 0.15) is 12.5 Å². The van der Waals surface area contributed by atoms with Crippen LogP contribution >= 0.6 is 24.0 Å². The van der Waals surface area contributed by atoms with E-state index in [4.69, 9.17) is 10.6 Å². The van der Waals surface area contributed by atoms with Gasteiger partial charge in [0.2, 0.25) is 0 Å². The summed E-state index contributed by atoms with van der Waals surface area (Å²) in [5.41, 5.74) is 0. The molecule has 1 aliphatic heterocycles. The average Bonchev–Trinajstić information content (AvgIpc) is 3.03. The lowest BCUT2D eigenvalue weighted by atomic mass is 10.0. The van der Waals surface area contributed by atoms with E-state index in [9.17, 15) is 14.5 Å². The first-order valence-electron chi connectivity index (χ1n) is 8.49. The Labute approximate surface area is 157 Å². The van der Waals surface area contributed by atoms with Crippen molar-refractivity contribution in [2.75, 3.05) is 19.0 Å². The summed E-state index contributed by atoms with van der Waals surface area (Å²) < 4.78 is 12.1. The normalized spacial score (nSPS) is 18.8. The zero-order valence-electron chi connectivity index (χ0n) is 14.3. The largest absolute Gasteiger partial charge is 0.452 e. The third-order valence-corrected chi connectivity index (χ3v) is 5.68. The van der Waals surface area contributed by atoms with Crippen molar-refractivity contribution in [2.24, 2.45) is 10.5 Å². The molecule has 8 nitrogen and oxygen atoms in total. The predicted octanol–water partition coefficient (Wildman–Crippen LogP) is 2.81. The molecule has 0 aromatic heterocycles. The number of likely N-dealkylation sites (tertiary alicyclic amines) is 1. The lowest BCUT2D eigenvalue weighted by Gasteiger charge is -2.22. The molecule has 0 radical (unpaired) electrons. The minimum Gasteiger partial charge on any atom is -0.452 e. The highest BCUT2D eigenvalue weighted by atomic mass is 32.2. The van der Waals surface area contributed by atoms with Crippen LogP contribution in [0.15, 0.2) is 4.58 Å². The molecule has 1 aliphatic rings. The van der Waals surface area contributed by atoms with Gasteiger partial charge >= 0.3 is 0 Å². The molecule has 0 aromatic carbocycles. The second-order valence-corrected chi connectivity index (χ2v) is 7.86. The first-order chi connectivity index (χ1) is 12.2. The van der Waals surface area contributed by atoms with Crippen LogP contribution in [0.1, 0.15) is 51.4 Å². The van der Waals surface area contributed by atoms with E-state index in [-0.39, 0.29) is 23.8 Å². The number of hydrogen-bond acceptors (Lipinski definition) is 10. The topological polar surface area (TPSA) is 111 Å². The number of unbranched alkanes of at least 4 members (excludes halogenated alkanes) is 1. The van der Waals surface area contributed by atoms with E-state index in [1.165, 1.54) is 0 Å². The van der Waals surface area contributed by atoms with Gasteiger partial charge in [-0.3, -0.25) is 14.5 Å². The first-order valence-corrected chi connectivity index (χ1v) is 10.2. The second-order valence-electron chi connectivity index (χ2n) is 6.00. The standard InChI is InChI=1S/C15H27N3O5S2/c16-23-24-9-7-15(25-17-21)6-2-1-5-14(20)10-13-4-3-8-18(13)11-22-12-19/h12-13,15H,1-11,16H2. The van der Waals surface area contributed by atoms with Crippen molar-refractivity contribution < 1.29 is 18.6 Å². The van der Waals surface area contributed by atoms with Crippen molar-refractivity contribution in [3.05, 3.63) is 4.91 Å². The van der Waals surface area contributed by atoms with Crippen LogP contribution in [0.3, 0.4) is 0 Å². The molecule has 2 N–H and O–H groups in total. The van der Waals surface area contributed by atoms with Gasteiger partial charge in [0.05, 0.1) is 0 Å². The maximum Gasteiger partial charge on any atom is 0.294 e. The summed E-state index contributed by atoms with van der Waals surface area (Å²) in [6, 6.07) is 0.184. The van der Waals surface area contributed by atoms with E-state index in [1.807, 2.05) is 4.90 Å². The zero-order chi connectivity index (χ0) is 18.3. The van der Waals surface area contributed by atoms with Crippen molar-refractivity contribution in [1.29, 1.82) is 0 Å². The molecule has 0 aromatic rings. The molecule has 1 rings (SSSR count). The Balaban J connectivity index is 2.17. The van der Waals surface area contributed by atoms with Crippen LogP contribution in [-0.4, -0.2) is 47.5 Å². The van der Waals surface area contributed by atoms with E-state index in [2.05, 4.69) is 8.87 Å². The number of ether oxygens (including phenoxy) is 1. The number of Topliss-reactive ketones (excluding diaryl/α,β-unsaturated/α-hetero) is 1. The summed E-state index contributed by atoms with van der Waals surface area (Å²) >= 11 is 2.21. The fourth-order valence-electron chi connectivity index (χ4n) is 3.02. The van der Waals surface area contributed by atoms with Gasteiger partial charge < -0.3 is 4.74 Å². The number of nitrogens with zero attached hydrogens (tertiary/aromatic N) is 2. The van der Waals surface area contributed by atoms with Crippen LogP contribution in [0, 0.1) is 4.91 Å². The van der Waals surface area contributed by atoms with E-state index >= 15 is 0 Å². The summed E-state index contributed by atoms with van der Waals surface area (Å²) in [7, 11) is 0. The smallest absolute Gasteiger partial charge is 0.294 e. The summed E-state index contributed by atoms with van der Waals surface area (Å²) in [4.78, 5) is 34.9. The van der Waals surface area contributed by atoms with E-state index in [1.54, 1.807) is 0 Å². The maximum absolute atomic E-state index is 12.2. The molecule has 0 aliphatic carbocycles. The van der Waals surface area contributed by atoms with Crippen molar-refractivity contribution in [3.63, 3.8) is 0 Å². The van der Waals surface area contributed by atoms with Crippen molar-refractivity contribution in [3.8, 4) is 0 Å². The number of nitroso groups, excluding NO2 is 1. The van der Waals surface area contributed by atoms with Gasteiger partial charge in [0.15, 0.2) is 0 Å². The van der Waals surface area contributed by atoms with Crippen LogP contribution < -0.4 is 5.90 Å².